The van der Waals surface area contributed by atoms with Crippen molar-refractivity contribution in [3.8, 4) is 0 Å². The predicted molar refractivity (Wildman–Crippen MR) is 216 cm³/mol. The Bertz CT molecular complexity index is 1080. The Labute approximate surface area is 311 Å². The highest BCUT2D eigenvalue weighted by Gasteiger charge is 2.58. The van der Waals surface area contributed by atoms with Gasteiger partial charge in [0.25, 0.3) is 0 Å². The first-order valence-corrected chi connectivity index (χ1v) is 22.4. The van der Waals surface area contributed by atoms with Crippen molar-refractivity contribution in [2.45, 2.75) is 215 Å². The van der Waals surface area contributed by atoms with Gasteiger partial charge in [-0.2, -0.15) is 0 Å². The van der Waals surface area contributed by atoms with Crippen LogP contribution in [-0.4, -0.2) is 12.1 Å². The van der Waals surface area contributed by atoms with Crippen LogP contribution in [0, 0.1) is 46.3 Å². The van der Waals surface area contributed by atoms with Crippen LogP contribution in [-0.2, 0) is 9.53 Å². The third kappa shape index (κ3) is 11.1. The molecule has 2 nitrogen and oxygen atoms in total. The highest BCUT2D eigenvalue weighted by Crippen LogP contribution is 2.67. The van der Waals surface area contributed by atoms with Crippen molar-refractivity contribution in [2.24, 2.45) is 46.3 Å². The average molecular weight is 691 g/mol. The molecule has 0 amide bonds. The Morgan fingerprint density at radius 2 is 1.36 bits per heavy atom. The number of esters is 1. The molecule has 0 aromatic heterocycles. The van der Waals surface area contributed by atoms with Crippen molar-refractivity contribution >= 4 is 5.97 Å². The van der Waals surface area contributed by atoms with E-state index in [0.29, 0.717) is 35.0 Å². The summed E-state index contributed by atoms with van der Waals surface area (Å²) in [4.78, 5) is 12.9. The van der Waals surface area contributed by atoms with Crippen LogP contribution < -0.4 is 0 Å². The first-order chi connectivity index (χ1) is 24.1. The number of carbonyl (C=O) groups is 1. The first-order valence-electron chi connectivity index (χ1n) is 22.4. The lowest BCUT2D eigenvalue weighted by atomic mass is 9.47. The van der Waals surface area contributed by atoms with Gasteiger partial charge in [-0.25, -0.2) is 0 Å². The minimum absolute atomic E-state index is 0.0677. The van der Waals surface area contributed by atoms with E-state index in [-0.39, 0.29) is 12.1 Å². The zero-order valence-corrected chi connectivity index (χ0v) is 34.2. The highest BCUT2D eigenvalue weighted by molar-refractivity contribution is 5.69. The van der Waals surface area contributed by atoms with Crippen LogP contribution in [0.2, 0.25) is 0 Å². The largest absolute Gasteiger partial charge is 0.462 e. The number of unbranched alkanes of at least 4 members (excludes halogenated alkanes) is 15. The monoisotopic (exact) mass is 691 g/mol. The second-order valence-corrected chi connectivity index (χ2v) is 18.5. The summed E-state index contributed by atoms with van der Waals surface area (Å²) in [6, 6.07) is 0. The zero-order chi connectivity index (χ0) is 36.0. The molecule has 0 bridgehead atoms. The molecule has 0 heterocycles. The van der Waals surface area contributed by atoms with E-state index in [9.17, 15) is 4.79 Å². The van der Waals surface area contributed by atoms with Crippen molar-refractivity contribution in [1.82, 2.24) is 0 Å². The highest BCUT2D eigenvalue weighted by atomic mass is 16.5. The van der Waals surface area contributed by atoms with Crippen LogP contribution in [0.15, 0.2) is 36.0 Å². The topological polar surface area (TPSA) is 26.3 Å². The molecule has 286 valence electrons. The SMILES string of the molecule is C=C(C)[C@@H](/C=C/[C@@H](C)[C@H]1CC[C@H]2C3=CC[C@@H]4C[C@@H](OC(=O)CCCCCCCCCCCCCCCCCC)CC[C@]4(C)[C@H]3CC[C@]12C)CC. The molecule has 0 aromatic carbocycles. The summed E-state index contributed by atoms with van der Waals surface area (Å²) in [7, 11) is 0. The van der Waals surface area contributed by atoms with E-state index in [1.807, 2.05) is 5.57 Å². The summed E-state index contributed by atoms with van der Waals surface area (Å²) in [6.07, 6.45) is 41.5. The number of carbonyl (C=O) groups excluding carboxylic acids is 1. The molecule has 0 radical (unpaired) electrons. The molecular formula is C48H82O2. The molecule has 2 heteroatoms. The van der Waals surface area contributed by atoms with Gasteiger partial charge in [-0.3, -0.25) is 4.79 Å². The van der Waals surface area contributed by atoms with Gasteiger partial charge in [-0.05, 0) is 117 Å². The molecule has 0 aromatic rings. The second-order valence-electron chi connectivity index (χ2n) is 18.5. The summed E-state index contributed by atoms with van der Waals surface area (Å²) in [5.41, 5.74) is 3.94. The van der Waals surface area contributed by atoms with E-state index >= 15 is 0 Å². The number of allylic oxidation sites excluding steroid dienone is 5. The van der Waals surface area contributed by atoms with Crippen molar-refractivity contribution in [2.75, 3.05) is 0 Å². The van der Waals surface area contributed by atoms with Crippen molar-refractivity contribution in [3.05, 3.63) is 36.0 Å². The smallest absolute Gasteiger partial charge is 0.306 e. The number of hydrogen-bond donors (Lipinski definition) is 0. The molecule has 4 rings (SSSR count). The Balaban J connectivity index is 1.11. The van der Waals surface area contributed by atoms with Crippen LogP contribution in [0.25, 0.3) is 0 Å². The minimum atomic E-state index is 0.0677. The standard InChI is InChI=1S/C48H82O2/c1-8-10-11-12-13-14-15-16-17-18-19-20-21-22-23-24-25-46(49)50-41-32-34-47(6)40(36-41)28-29-42-44-31-30-43(48(44,7)35-33-45(42)47)38(5)26-27-39(9-2)37(3)4/h26-27,29,38-41,43-45H,3,8-25,28,30-36H2,1-2,4-7H3/b27-26+/t38-,39-,40-,41+,43-,44+,45+,47+,48-/m1/s1. The summed E-state index contributed by atoms with van der Waals surface area (Å²) in [5, 5.41) is 0. The number of hydrogen-bond acceptors (Lipinski definition) is 2. The maximum absolute atomic E-state index is 12.9. The molecule has 3 fully saturated rings. The molecule has 0 N–H and O–H groups in total. The van der Waals surface area contributed by atoms with Crippen LogP contribution >= 0.6 is 0 Å². The van der Waals surface area contributed by atoms with Gasteiger partial charge in [-0.1, -0.05) is 167 Å². The third-order valence-electron chi connectivity index (χ3n) is 15.0. The van der Waals surface area contributed by atoms with Gasteiger partial charge in [0.05, 0.1) is 0 Å². The normalized spacial score (nSPS) is 31.8. The average Bonchev–Trinajstić information content (AvgIpc) is 3.45. The van der Waals surface area contributed by atoms with E-state index in [2.05, 4.69) is 66.3 Å². The third-order valence-corrected chi connectivity index (χ3v) is 15.0. The van der Waals surface area contributed by atoms with Crippen molar-refractivity contribution in [1.29, 1.82) is 0 Å². The fourth-order valence-electron chi connectivity index (χ4n) is 11.6. The fourth-order valence-corrected chi connectivity index (χ4v) is 11.6. The lowest BCUT2D eigenvalue weighted by molar-refractivity contribution is -0.155. The maximum Gasteiger partial charge on any atom is 0.306 e. The molecule has 4 aliphatic rings. The van der Waals surface area contributed by atoms with Gasteiger partial charge in [0.1, 0.15) is 6.10 Å². The Hall–Kier alpha value is -1.31. The Morgan fingerprint density at radius 3 is 1.94 bits per heavy atom. The van der Waals surface area contributed by atoms with Gasteiger partial charge in [0, 0.05) is 6.42 Å². The molecular weight excluding hydrogens is 609 g/mol. The van der Waals surface area contributed by atoms with E-state index in [1.54, 1.807) is 0 Å². The summed E-state index contributed by atoms with van der Waals surface area (Å²) in [6.45, 7) is 18.8. The minimum Gasteiger partial charge on any atom is -0.462 e. The maximum atomic E-state index is 12.9. The molecule has 0 spiro atoms. The van der Waals surface area contributed by atoms with E-state index < -0.39 is 0 Å². The van der Waals surface area contributed by atoms with Crippen LogP contribution in [0.3, 0.4) is 0 Å². The second kappa shape index (κ2) is 20.8. The van der Waals surface area contributed by atoms with Gasteiger partial charge >= 0.3 is 5.97 Å². The molecule has 50 heavy (non-hydrogen) atoms. The molecule has 0 unspecified atom stereocenters. The Morgan fingerprint density at radius 1 is 0.800 bits per heavy atom. The van der Waals surface area contributed by atoms with Crippen LogP contribution in [0.1, 0.15) is 208 Å². The van der Waals surface area contributed by atoms with Gasteiger partial charge in [0.2, 0.25) is 0 Å². The van der Waals surface area contributed by atoms with Crippen LogP contribution in [0.4, 0.5) is 0 Å². The van der Waals surface area contributed by atoms with E-state index in [4.69, 9.17) is 4.74 Å². The van der Waals surface area contributed by atoms with E-state index in [1.165, 1.54) is 140 Å². The zero-order valence-electron chi connectivity index (χ0n) is 34.2. The molecule has 0 aliphatic heterocycles. The van der Waals surface area contributed by atoms with Crippen molar-refractivity contribution in [3.63, 3.8) is 0 Å². The molecule has 3 saturated carbocycles. The molecule has 4 aliphatic carbocycles. The van der Waals surface area contributed by atoms with Gasteiger partial charge in [-0.15, -0.1) is 0 Å². The lowest BCUT2D eigenvalue weighted by Gasteiger charge is -2.58. The van der Waals surface area contributed by atoms with Crippen molar-refractivity contribution < 1.29 is 9.53 Å². The van der Waals surface area contributed by atoms with Crippen LogP contribution in [0.5, 0.6) is 0 Å². The van der Waals surface area contributed by atoms with Gasteiger partial charge in [0.15, 0.2) is 0 Å². The predicted octanol–water partition coefficient (Wildman–Crippen LogP) is 14.9. The number of rotatable bonds is 23. The summed E-state index contributed by atoms with van der Waals surface area (Å²) < 4.78 is 6.16. The fraction of sp³-hybridized carbons (Fsp3) is 0.854. The first kappa shape index (κ1) is 41.4. The quantitative estimate of drug-likeness (QED) is 0.0606. The number of ether oxygens (including phenoxy) is 1. The summed E-state index contributed by atoms with van der Waals surface area (Å²) in [5.74, 6) is 4.16. The molecule has 0 saturated heterocycles. The Kier molecular flexibility index (Phi) is 17.2. The molecule has 9 atom stereocenters. The van der Waals surface area contributed by atoms with Gasteiger partial charge < -0.3 is 4.74 Å². The summed E-state index contributed by atoms with van der Waals surface area (Å²) >= 11 is 0. The number of fused-ring (bicyclic) bond motifs is 5. The lowest BCUT2D eigenvalue weighted by Crippen LogP contribution is -2.50. The van der Waals surface area contributed by atoms with E-state index in [0.717, 1.165) is 43.4 Å².